The first-order valence-electron chi connectivity index (χ1n) is 7.53. The molecule has 0 saturated carbocycles. The Balaban J connectivity index is 1.80. The van der Waals surface area contributed by atoms with Crippen molar-refractivity contribution < 1.29 is 9.72 Å². The highest BCUT2D eigenvalue weighted by molar-refractivity contribution is 6.30. The number of hydrogen-bond donors (Lipinski definition) is 3. The lowest BCUT2D eigenvalue weighted by Gasteiger charge is -2.10. The average molecular weight is 386 g/mol. The van der Waals surface area contributed by atoms with Crippen LogP contribution in [0, 0.1) is 10.1 Å². The Hall–Kier alpha value is -3.79. The summed E-state index contributed by atoms with van der Waals surface area (Å²) in [5.74, 6) is -0.740. The molecule has 136 valence electrons. The SMILES string of the molecule is O=C(NNc1ncnc(Nc2cccnc2)c1[N+](=O)[O-])c1ccc(Cl)cc1. The monoisotopic (exact) mass is 385 g/mol. The predicted octanol–water partition coefficient (Wildman–Crippen LogP) is 2.93. The van der Waals surface area contributed by atoms with Crippen molar-refractivity contribution in [3.05, 3.63) is 75.8 Å². The Morgan fingerprint density at radius 3 is 2.52 bits per heavy atom. The van der Waals surface area contributed by atoms with Crippen LogP contribution in [0.5, 0.6) is 0 Å². The van der Waals surface area contributed by atoms with E-state index in [9.17, 15) is 14.9 Å². The lowest BCUT2D eigenvalue weighted by molar-refractivity contribution is -0.383. The van der Waals surface area contributed by atoms with E-state index >= 15 is 0 Å². The third kappa shape index (κ3) is 4.44. The summed E-state index contributed by atoms with van der Waals surface area (Å²) in [6.45, 7) is 0. The molecule has 11 heteroatoms. The Morgan fingerprint density at radius 2 is 1.85 bits per heavy atom. The zero-order chi connectivity index (χ0) is 19.2. The van der Waals surface area contributed by atoms with Crippen molar-refractivity contribution in [1.29, 1.82) is 0 Å². The first-order chi connectivity index (χ1) is 13.0. The van der Waals surface area contributed by atoms with Crippen molar-refractivity contribution in [3.63, 3.8) is 0 Å². The highest BCUT2D eigenvalue weighted by Gasteiger charge is 2.23. The van der Waals surface area contributed by atoms with Gasteiger partial charge in [0, 0.05) is 16.8 Å². The average Bonchev–Trinajstić information content (AvgIpc) is 2.67. The second-order valence-electron chi connectivity index (χ2n) is 5.13. The molecular formula is C16H12ClN7O3. The predicted molar refractivity (Wildman–Crippen MR) is 98.7 cm³/mol. The number of hydrogen-bond acceptors (Lipinski definition) is 8. The third-order valence-corrected chi connectivity index (χ3v) is 3.58. The summed E-state index contributed by atoms with van der Waals surface area (Å²) in [5, 5.41) is 14.8. The van der Waals surface area contributed by atoms with E-state index in [2.05, 4.69) is 31.1 Å². The number of aromatic nitrogens is 3. The minimum Gasteiger partial charge on any atom is -0.333 e. The zero-order valence-corrected chi connectivity index (χ0v) is 14.3. The highest BCUT2D eigenvalue weighted by Crippen LogP contribution is 2.30. The fourth-order valence-corrected chi connectivity index (χ4v) is 2.22. The molecule has 0 bridgehead atoms. The maximum Gasteiger partial charge on any atom is 0.355 e. The van der Waals surface area contributed by atoms with Gasteiger partial charge in [-0.05, 0) is 36.4 Å². The van der Waals surface area contributed by atoms with E-state index in [-0.39, 0.29) is 11.6 Å². The fourth-order valence-electron chi connectivity index (χ4n) is 2.10. The van der Waals surface area contributed by atoms with E-state index in [0.29, 0.717) is 16.3 Å². The molecule has 27 heavy (non-hydrogen) atoms. The summed E-state index contributed by atoms with van der Waals surface area (Å²) in [4.78, 5) is 34.6. The van der Waals surface area contributed by atoms with Gasteiger partial charge in [-0.3, -0.25) is 30.7 Å². The smallest absolute Gasteiger partial charge is 0.333 e. The molecule has 1 aromatic carbocycles. The maximum atomic E-state index is 12.1. The normalized spacial score (nSPS) is 10.1. The van der Waals surface area contributed by atoms with Gasteiger partial charge in [0.05, 0.1) is 16.8 Å². The van der Waals surface area contributed by atoms with Crippen molar-refractivity contribution in [2.75, 3.05) is 10.7 Å². The van der Waals surface area contributed by atoms with Crippen LogP contribution >= 0.6 is 11.6 Å². The summed E-state index contributed by atoms with van der Waals surface area (Å²) in [7, 11) is 0. The number of rotatable bonds is 6. The van der Waals surface area contributed by atoms with Crippen LogP contribution in [0.1, 0.15) is 10.4 Å². The van der Waals surface area contributed by atoms with Gasteiger partial charge in [0.2, 0.25) is 11.6 Å². The molecule has 0 saturated heterocycles. The number of hydrazine groups is 1. The van der Waals surface area contributed by atoms with Crippen molar-refractivity contribution in [1.82, 2.24) is 20.4 Å². The molecule has 2 aromatic heterocycles. The quantitative estimate of drug-likeness (QED) is 0.435. The van der Waals surface area contributed by atoms with Gasteiger partial charge in [0.1, 0.15) is 6.33 Å². The van der Waals surface area contributed by atoms with E-state index in [4.69, 9.17) is 11.6 Å². The molecule has 0 spiro atoms. The molecule has 0 aliphatic rings. The third-order valence-electron chi connectivity index (χ3n) is 3.33. The number of halogens is 1. The van der Waals surface area contributed by atoms with Gasteiger partial charge in [-0.25, -0.2) is 9.97 Å². The number of nitro groups is 1. The van der Waals surface area contributed by atoms with Crippen LogP contribution in [0.15, 0.2) is 55.1 Å². The van der Waals surface area contributed by atoms with E-state index in [1.807, 2.05) is 0 Å². The molecule has 0 unspecified atom stereocenters. The van der Waals surface area contributed by atoms with Gasteiger partial charge in [0.25, 0.3) is 5.91 Å². The number of amides is 1. The maximum absolute atomic E-state index is 12.1. The van der Waals surface area contributed by atoms with Crippen LogP contribution < -0.4 is 16.2 Å². The van der Waals surface area contributed by atoms with Crippen LogP contribution in [0.25, 0.3) is 0 Å². The topological polar surface area (TPSA) is 135 Å². The minimum atomic E-state index is -0.657. The van der Waals surface area contributed by atoms with Crippen molar-refractivity contribution >= 4 is 40.5 Å². The Labute approximate surface area is 157 Å². The number of anilines is 3. The first-order valence-corrected chi connectivity index (χ1v) is 7.91. The summed E-state index contributed by atoms with van der Waals surface area (Å²) >= 11 is 5.78. The number of benzene rings is 1. The van der Waals surface area contributed by atoms with Gasteiger partial charge >= 0.3 is 5.69 Å². The molecule has 0 radical (unpaired) electrons. The largest absolute Gasteiger partial charge is 0.355 e. The van der Waals surface area contributed by atoms with Crippen molar-refractivity contribution in [2.45, 2.75) is 0 Å². The van der Waals surface area contributed by atoms with Crippen LogP contribution in [0.3, 0.4) is 0 Å². The van der Waals surface area contributed by atoms with E-state index in [1.54, 1.807) is 30.5 Å². The van der Waals surface area contributed by atoms with Crippen molar-refractivity contribution in [2.24, 2.45) is 0 Å². The van der Waals surface area contributed by atoms with Crippen LogP contribution in [-0.2, 0) is 0 Å². The Morgan fingerprint density at radius 1 is 1.11 bits per heavy atom. The number of carbonyl (C=O) groups excluding carboxylic acids is 1. The van der Waals surface area contributed by atoms with E-state index in [1.165, 1.54) is 18.3 Å². The number of pyridine rings is 1. The van der Waals surface area contributed by atoms with Gasteiger partial charge in [0.15, 0.2) is 0 Å². The number of carbonyl (C=O) groups is 1. The molecule has 3 N–H and O–H groups in total. The van der Waals surface area contributed by atoms with Gasteiger partial charge in [-0.15, -0.1) is 0 Å². The fraction of sp³-hybridized carbons (Fsp3) is 0. The minimum absolute atomic E-state index is 0.0498. The van der Waals surface area contributed by atoms with Gasteiger partial charge in [-0.2, -0.15) is 0 Å². The molecule has 10 nitrogen and oxygen atoms in total. The molecule has 2 heterocycles. The Bertz CT molecular complexity index is 968. The molecule has 1 amide bonds. The lowest BCUT2D eigenvalue weighted by atomic mass is 10.2. The summed E-state index contributed by atoms with van der Waals surface area (Å²) in [6.07, 6.45) is 4.18. The second-order valence-corrected chi connectivity index (χ2v) is 5.57. The molecule has 0 aliphatic carbocycles. The highest BCUT2D eigenvalue weighted by atomic mass is 35.5. The molecular weight excluding hydrogens is 374 g/mol. The molecule has 0 atom stereocenters. The number of nitrogens with zero attached hydrogens (tertiary/aromatic N) is 4. The summed E-state index contributed by atoms with van der Waals surface area (Å²) in [5.41, 5.74) is 5.20. The second kappa shape index (κ2) is 8.06. The van der Waals surface area contributed by atoms with E-state index < -0.39 is 16.5 Å². The van der Waals surface area contributed by atoms with Crippen LogP contribution in [-0.4, -0.2) is 25.8 Å². The van der Waals surface area contributed by atoms with Gasteiger partial charge in [-0.1, -0.05) is 11.6 Å². The first kappa shape index (κ1) is 18.0. The zero-order valence-electron chi connectivity index (χ0n) is 13.6. The van der Waals surface area contributed by atoms with E-state index in [0.717, 1.165) is 6.33 Å². The molecule has 3 aromatic rings. The van der Waals surface area contributed by atoms with Gasteiger partial charge < -0.3 is 5.32 Å². The summed E-state index contributed by atoms with van der Waals surface area (Å²) in [6, 6.07) is 9.49. The number of nitrogens with one attached hydrogen (secondary N) is 3. The molecule has 0 fully saturated rings. The standard InChI is InChI=1S/C16H12ClN7O3/c17-11-5-3-10(4-6-11)16(25)23-22-15-13(24(26)27)14(19-9-20-15)21-12-2-1-7-18-8-12/h1-9H,(H,23,25)(H2,19,20,21,22). The van der Waals surface area contributed by atoms with Crippen molar-refractivity contribution in [3.8, 4) is 0 Å². The van der Waals surface area contributed by atoms with Crippen LogP contribution in [0.2, 0.25) is 5.02 Å². The lowest BCUT2D eigenvalue weighted by Crippen LogP contribution is -2.30. The summed E-state index contributed by atoms with van der Waals surface area (Å²) < 4.78 is 0. The Kier molecular flexibility index (Phi) is 5.38. The molecule has 3 rings (SSSR count). The van der Waals surface area contributed by atoms with Crippen LogP contribution in [0.4, 0.5) is 23.0 Å². The molecule has 0 aliphatic heterocycles.